The molecule has 0 aliphatic heterocycles. The zero-order chi connectivity index (χ0) is 24.9. The lowest BCUT2D eigenvalue weighted by molar-refractivity contribution is 0.833. The van der Waals surface area contributed by atoms with E-state index >= 15 is 0 Å². The number of allylic oxidation sites excluding steroid dienone is 1. The zero-order valence-corrected chi connectivity index (χ0v) is 21.3. The summed E-state index contributed by atoms with van der Waals surface area (Å²) in [6.45, 7) is 6.74. The summed E-state index contributed by atoms with van der Waals surface area (Å²) in [4.78, 5) is 0. The van der Waals surface area contributed by atoms with E-state index in [1.54, 1.807) is 0 Å². The summed E-state index contributed by atoms with van der Waals surface area (Å²) in [6, 6.07) is 45.8. The summed E-state index contributed by atoms with van der Waals surface area (Å²) in [5.74, 6) is 0.428. The summed E-state index contributed by atoms with van der Waals surface area (Å²) in [7, 11) is 0. The van der Waals surface area contributed by atoms with Crippen molar-refractivity contribution in [1.29, 1.82) is 0 Å². The molecule has 0 heteroatoms. The summed E-state index contributed by atoms with van der Waals surface area (Å²) in [5.41, 5.74) is 12.6. The van der Waals surface area contributed by atoms with Gasteiger partial charge in [0.25, 0.3) is 0 Å². The standard InChI is InChI=1S/C36H32/c1-26(2)24-35(36-27(3)12-10-19-34(36)31-15-8-5-9-16-31)33-18-11-17-32(25-33)30-22-20-29(21-23-30)28-13-6-4-7-14-28/h4-26H,1-3H3. The molecule has 0 heterocycles. The number of aryl methyl sites for hydroxylation is 1. The maximum atomic E-state index is 2.41. The Morgan fingerprint density at radius 3 is 1.69 bits per heavy atom. The van der Waals surface area contributed by atoms with Crippen LogP contribution in [0.15, 0.2) is 133 Å². The van der Waals surface area contributed by atoms with E-state index in [-0.39, 0.29) is 0 Å². The Morgan fingerprint density at radius 2 is 1.06 bits per heavy atom. The molecule has 36 heavy (non-hydrogen) atoms. The maximum absolute atomic E-state index is 2.41. The molecule has 0 radical (unpaired) electrons. The molecule has 0 fully saturated rings. The number of hydrogen-bond donors (Lipinski definition) is 0. The molecular formula is C36H32. The molecule has 0 N–H and O–H groups in total. The van der Waals surface area contributed by atoms with Gasteiger partial charge in [-0.25, -0.2) is 0 Å². The monoisotopic (exact) mass is 464 g/mol. The third-order valence-electron chi connectivity index (χ3n) is 6.63. The van der Waals surface area contributed by atoms with E-state index in [0.29, 0.717) is 5.92 Å². The minimum Gasteiger partial charge on any atom is -0.0735 e. The number of rotatable bonds is 6. The third-order valence-corrected chi connectivity index (χ3v) is 6.63. The Kier molecular flexibility index (Phi) is 6.96. The zero-order valence-electron chi connectivity index (χ0n) is 21.3. The lowest BCUT2D eigenvalue weighted by atomic mass is 9.85. The highest BCUT2D eigenvalue weighted by atomic mass is 14.2. The van der Waals surface area contributed by atoms with E-state index in [1.807, 2.05) is 0 Å². The minimum absolute atomic E-state index is 0.428. The predicted molar refractivity (Wildman–Crippen MR) is 156 cm³/mol. The molecule has 0 atom stereocenters. The Labute approximate surface area is 215 Å². The van der Waals surface area contributed by atoms with Gasteiger partial charge in [0.1, 0.15) is 0 Å². The predicted octanol–water partition coefficient (Wildman–Crippen LogP) is 10.1. The van der Waals surface area contributed by atoms with Crippen LogP contribution in [0.4, 0.5) is 0 Å². The molecule has 5 aromatic rings. The minimum atomic E-state index is 0.428. The highest BCUT2D eigenvalue weighted by molar-refractivity contribution is 5.91. The Bertz CT molecular complexity index is 1470. The van der Waals surface area contributed by atoms with Gasteiger partial charge in [0.15, 0.2) is 0 Å². The lowest BCUT2D eigenvalue weighted by Crippen LogP contribution is -1.98. The van der Waals surface area contributed by atoms with Crippen LogP contribution in [0.3, 0.4) is 0 Å². The van der Waals surface area contributed by atoms with Crippen molar-refractivity contribution in [2.75, 3.05) is 0 Å². The van der Waals surface area contributed by atoms with Gasteiger partial charge < -0.3 is 0 Å². The first-order valence-corrected chi connectivity index (χ1v) is 12.7. The molecule has 176 valence electrons. The van der Waals surface area contributed by atoms with Gasteiger partial charge in [0.05, 0.1) is 0 Å². The van der Waals surface area contributed by atoms with Gasteiger partial charge in [-0.15, -0.1) is 0 Å². The van der Waals surface area contributed by atoms with Gasteiger partial charge >= 0.3 is 0 Å². The van der Waals surface area contributed by atoms with E-state index in [2.05, 4.69) is 154 Å². The van der Waals surface area contributed by atoms with Crippen LogP contribution in [0, 0.1) is 12.8 Å². The Hall–Kier alpha value is -4.16. The van der Waals surface area contributed by atoms with Gasteiger partial charge in [-0.1, -0.05) is 141 Å². The molecule has 0 bridgehead atoms. The van der Waals surface area contributed by atoms with E-state index < -0.39 is 0 Å². The van der Waals surface area contributed by atoms with Crippen LogP contribution in [-0.4, -0.2) is 0 Å². The Balaban J connectivity index is 1.59. The fourth-order valence-corrected chi connectivity index (χ4v) is 4.89. The van der Waals surface area contributed by atoms with Crippen molar-refractivity contribution in [1.82, 2.24) is 0 Å². The first kappa shape index (κ1) is 23.6. The van der Waals surface area contributed by atoms with Crippen LogP contribution in [0.5, 0.6) is 0 Å². The lowest BCUT2D eigenvalue weighted by Gasteiger charge is -2.19. The number of benzene rings is 5. The molecule has 0 saturated carbocycles. The summed E-state index contributed by atoms with van der Waals surface area (Å²) < 4.78 is 0. The second-order valence-electron chi connectivity index (χ2n) is 9.71. The van der Waals surface area contributed by atoms with Crippen molar-refractivity contribution in [3.63, 3.8) is 0 Å². The Morgan fingerprint density at radius 1 is 0.528 bits per heavy atom. The van der Waals surface area contributed by atoms with Crippen LogP contribution < -0.4 is 0 Å². The van der Waals surface area contributed by atoms with E-state index in [1.165, 1.54) is 55.6 Å². The molecule has 0 amide bonds. The van der Waals surface area contributed by atoms with Gasteiger partial charge in [-0.05, 0) is 74.6 Å². The van der Waals surface area contributed by atoms with E-state index in [4.69, 9.17) is 0 Å². The van der Waals surface area contributed by atoms with Gasteiger partial charge in [0, 0.05) is 0 Å². The van der Waals surface area contributed by atoms with Crippen molar-refractivity contribution in [3.8, 4) is 33.4 Å². The third kappa shape index (κ3) is 5.09. The van der Waals surface area contributed by atoms with Crippen LogP contribution in [0.2, 0.25) is 0 Å². The quantitative estimate of drug-likeness (QED) is 0.234. The molecule has 5 rings (SSSR count). The highest BCUT2D eigenvalue weighted by Gasteiger charge is 2.15. The van der Waals surface area contributed by atoms with Crippen molar-refractivity contribution in [3.05, 3.63) is 150 Å². The summed E-state index contributed by atoms with van der Waals surface area (Å²) >= 11 is 0. The molecule has 0 unspecified atom stereocenters. The largest absolute Gasteiger partial charge is 0.0735 e. The van der Waals surface area contributed by atoms with Crippen molar-refractivity contribution in [2.24, 2.45) is 5.92 Å². The molecule has 0 aliphatic carbocycles. The molecule has 0 aliphatic rings. The average molecular weight is 465 g/mol. The fourth-order valence-electron chi connectivity index (χ4n) is 4.89. The smallest absolute Gasteiger partial charge is 0.00732 e. The fraction of sp³-hybridized carbons (Fsp3) is 0.111. The topological polar surface area (TPSA) is 0 Å². The maximum Gasteiger partial charge on any atom is -0.00732 e. The first-order valence-electron chi connectivity index (χ1n) is 12.7. The molecule has 0 spiro atoms. The van der Waals surface area contributed by atoms with Crippen molar-refractivity contribution in [2.45, 2.75) is 20.8 Å². The first-order chi connectivity index (χ1) is 17.6. The summed E-state index contributed by atoms with van der Waals surface area (Å²) in [6.07, 6.45) is 2.41. The van der Waals surface area contributed by atoms with E-state index in [9.17, 15) is 0 Å². The molecular weight excluding hydrogens is 432 g/mol. The van der Waals surface area contributed by atoms with Gasteiger partial charge in [-0.2, -0.15) is 0 Å². The molecule has 0 aromatic heterocycles. The van der Waals surface area contributed by atoms with Gasteiger partial charge in [-0.3, -0.25) is 0 Å². The van der Waals surface area contributed by atoms with Crippen LogP contribution in [0.25, 0.3) is 39.0 Å². The second kappa shape index (κ2) is 10.6. The normalized spacial score (nSPS) is 11.6. The SMILES string of the molecule is Cc1cccc(-c2ccccc2)c1C(=CC(C)C)c1cccc(-c2ccc(-c3ccccc3)cc2)c1. The van der Waals surface area contributed by atoms with Gasteiger partial charge in [0.2, 0.25) is 0 Å². The second-order valence-corrected chi connectivity index (χ2v) is 9.71. The molecule has 0 saturated heterocycles. The van der Waals surface area contributed by atoms with Crippen LogP contribution >= 0.6 is 0 Å². The van der Waals surface area contributed by atoms with Crippen molar-refractivity contribution < 1.29 is 0 Å². The summed E-state index contributed by atoms with van der Waals surface area (Å²) in [5, 5.41) is 0. The average Bonchev–Trinajstić information content (AvgIpc) is 2.93. The van der Waals surface area contributed by atoms with Crippen LogP contribution in [0.1, 0.15) is 30.5 Å². The highest BCUT2D eigenvalue weighted by Crippen LogP contribution is 2.37. The number of hydrogen-bond acceptors (Lipinski definition) is 0. The molecule has 0 nitrogen and oxygen atoms in total. The van der Waals surface area contributed by atoms with Crippen LogP contribution in [-0.2, 0) is 0 Å². The van der Waals surface area contributed by atoms with Crippen molar-refractivity contribution >= 4 is 5.57 Å². The molecule has 5 aromatic carbocycles. The van der Waals surface area contributed by atoms with E-state index in [0.717, 1.165) is 0 Å².